The zero-order valence-electron chi connectivity index (χ0n) is 13.3. The Labute approximate surface area is 143 Å². The fourth-order valence-corrected chi connectivity index (χ4v) is 2.30. The average molecular weight is 386 g/mol. The maximum absolute atomic E-state index is 11.7. The molecule has 0 aliphatic heterocycles. The van der Waals surface area contributed by atoms with E-state index in [1.54, 1.807) is 18.2 Å². The minimum atomic E-state index is -1.09. The smallest absolute Gasteiger partial charge is 0.325 e. The van der Waals surface area contributed by atoms with Gasteiger partial charge in [-0.25, -0.2) is 0 Å². The molecule has 1 rings (SSSR count). The lowest BCUT2D eigenvalue weighted by molar-refractivity contribution is -0.140. The van der Waals surface area contributed by atoms with Gasteiger partial charge in [-0.15, -0.1) is 0 Å². The van der Waals surface area contributed by atoms with Gasteiger partial charge >= 0.3 is 5.97 Å². The lowest BCUT2D eigenvalue weighted by Gasteiger charge is -2.13. The van der Waals surface area contributed by atoms with Crippen molar-refractivity contribution < 1.29 is 24.2 Å². The Morgan fingerprint density at radius 1 is 1.30 bits per heavy atom. The number of aliphatic carboxylic acids is 1. The van der Waals surface area contributed by atoms with Crippen LogP contribution >= 0.6 is 15.9 Å². The van der Waals surface area contributed by atoms with E-state index in [-0.39, 0.29) is 0 Å². The number of carboxylic acids is 1. The predicted octanol–water partition coefficient (Wildman–Crippen LogP) is 2.85. The maximum atomic E-state index is 11.7. The summed E-state index contributed by atoms with van der Waals surface area (Å²) in [5, 5.41) is 11.1. The van der Waals surface area contributed by atoms with Crippen molar-refractivity contribution >= 4 is 33.9 Å². The Balaban J connectivity index is 2.94. The van der Waals surface area contributed by atoms with Crippen molar-refractivity contribution in [2.45, 2.75) is 26.8 Å². The molecule has 0 bridgehead atoms. The van der Waals surface area contributed by atoms with Crippen LogP contribution < -0.4 is 14.8 Å². The van der Waals surface area contributed by atoms with E-state index in [4.69, 9.17) is 14.6 Å². The van der Waals surface area contributed by atoms with Crippen LogP contribution in [0.3, 0.4) is 0 Å². The topological polar surface area (TPSA) is 84.9 Å². The number of carbonyl (C=O) groups excluding carboxylic acids is 1. The molecule has 0 fully saturated rings. The van der Waals surface area contributed by atoms with Gasteiger partial charge in [0.2, 0.25) is 5.91 Å². The van der Waals surface area contributed by atoms with Crippen LogP contribution in [-0.4, -0.2) is 36.2 Å². The summed E-state index contributed by atoms with van der Waals surface area (Å²) in [7, 11) is 0. The van der Waals surface area contributed by atoms with Crippen molar-refractivity contribution in [3.05, 3.63) is 28.2 Å². The predicted molar refractivity (Wildman–Crippen MR) is 90.8 cm³/mol. The highest BCUT2D eigenvalue weighted by atomic mass is 79.9. The summed E-state index contributed by atoms with van der Waals surface area (Å²) in [6.45, 7) is 6.13. The average Bonchev–Trinajstić information content (AvgIpc) is 2.48. The second-order valence-electron chi connectivity index (χ2n) is 4.60. The van der Waals surface area contributed by atoms with Crippen LogP contribution in [0.5, 0.6) is 11.5 Å². The van der Waals surface area contributed by atoms with Gasteiger partial charge in [-0.1, -0.05) is 0 Å². The Bertz CT molecular complexity index is 600. The zero-order chi connectivity index (χ0) is 17.4. The lowest BCUT2D eigenvalue weighted by Crippen LogP contribution is -2.37. The number of ether oxygens (including phenoxy) is 2. The first-order valence-electron chi connectivity index (χ1n) is 7.19. The van der Waals surface area contributed by atoms with Crippen molar-refractivity contribution in [2.24, 2.45) is 0 Å². The number of rotatable bonds is 8. The van der Waals surface area contributed by atoms with Gasteiger partial charge < -0.3 is 19.9 Å². The molecule has 2 N–H and O–H groups in total. The van der Waals surface area contributed by atoms with Crippen LogP contribution in [0, 0.1) is 0 Å². The number of nitrogens with one attached hydrogen (secondary N) is 1. The molecule has 0 aliphatic rings. The normalized spacial score (nSPS) is 12.0. The minimum absolute atomic E-state index is 0.482. The summed E-state index contributed by atoms with van der Waals surface area (Å²) in [4.78, 5) is 22.4. The first-order valence-corrected chi connectivity index (χ1v) is 7.98. The van der Waals surface area contributed by atoms with Gasteiger partial charge in [0, 0.05) is 6.08 Å². The largest absolute Gasteiger partial charge is 0.490 e. The summed E-state index contributed by atoms with van der Waals surface area (Å²) in [6.07, 6.45) is 2.85. The molecule has 0 saturated heterocycles. The molecule has 0 spiro atoms. The van der Waals surface area contributed by atoms with Gasteiger partial charge in [0.05, 0.1) is 17.7 Å². The minimum Gasteiger partial charge on any atom is -0.490 e. The quantitative estimate of drug-likeness (QED) is 0.672. The zero-order valence-corrected chi connectivity index (χ0v) is 14.8. The second-order valence-corrected chi connectivity index (χ2v) is 5.45. The number of amides is 1. The fourth-order valence-electron chi connectivity index (χ4n) is 1.73. The summed E-state index contributed by atoms with van der Waals surface area (Å²) in [6, 6.07) is 2.60. The van der Waals surface area contributed by atoms with Gasteiger partial charge in [0.15, 0.2) is 11.5 Å². The number of hydrogen-bond donors (Lipinski definition) is 2. The summed E-state index contributed by atoms with van der Waals surface area (Å²) >= 11 is 3.42. The van der Waals surface area contributed by atoms with E-state index in [2.05, 4.69) is 21.2 Å². The number of hydrogen-bond acceptors (Lipinski definition) is 4. The van der Waals surface area contributed by atoms with Crippen molar-refractivity contribution in [3.8, 4) is 11.5 Å². The standard InChI is InChI=1S/C16H20BrNO5/c1-4-22-13-9-11(8-12(17)15(13)23-5-2)6-7-14(19)18-10(3)16(20)21/h6-10H,4-5H2,1-3H3,(H,18,19)(H,20,21)/b7-6+. The van der Waals surface area contributed by atoms with Crippen molar-refractivity contribution in [3.63, 3.8) is 0 Å². The molecule has 0 aromatic heterocycles. The molecule has 23 heavy (non-hydrogen) atoms. The number of halogens is 1. The Morgan fingerprint density at radius 3 is 2.52 bits per heavy atom. The monoisotopic (exact) mass is 385 g/mol. The third-order valence-electron chi connectivity index (χ3n) is 2.78. The molecule has 1 amide bonds. The van der Waals surface area contributed by atoms with Crippen molar-refractivity contribution in [2.75, 3.05) is 13.2 Å². The van der Waals surface area contributed by atoms with E-state index in [0.717, 1.165) is 5.56 Å². The molecular weight excluding hydrogens is 366 g/mol. The van der Waals surface area contributed by atoms with Gasteiger partial charge in [-0.05, 0) is 60.5 Å². The second kappa shape index (κ2) is 9.19. The molecule has 0 heterocycles. The molecule has 6 nitrogen and oxygen atoms in total. The molecule has 0 radical (unpaired) electrons. The molecule has 7 heteroatoms. The highest BCUT2D eigenvalue weighted by molar-refractivity contribution is 9.10. The Hall–Kier alpha value is -2.02. The lowest BCUT2D eigenvalue weighted by atomic mass is 10.2. The van der Waals surface area contributed by atoms with Crippen LogP contribution in [0.2, 0.25) is 0 Å². The summed E-state index contributed by atoms with van der Waals surface area (Å²) in [5.41, 5.74) is 0.724. The van der Waals surface area contributed by atoms with Gasteiger partial charge in [0.25, 0.3) is 0 Å². The number of carboxylic acid groups (broad SMARTS) is 1. The molecular formula is C16H20BrNO5. The van der Waals surface area contributed by atoms with E-state index in [9.17, 15) is 9.59 Å². The third-order valence-corrected chi connectivity index (χ3v) is 3.37. The SMILES string of the molecule is CCOc1cc(/C=C/C(=O)NC(C)C(=O)O)cc(Br)c1OCC. The van der Waals surface area contributed by atoms with Crippen LogP contribution in [0.15, 0.2) is 22.7 Å². The number of carbonyl (C=O) groups is 2. The van der Waals surface area contributed by atoms with Crippen LogP contribution in [0.4, 0.5) is 0 Å². The van der Waals surface area contributed by atoms with E-state index in [1.807, 2.05) is 13.8 Å². The molecule has 1 atom stereocenters. The summed E-state index contributed by atoms with van der Waals surface area (Å²) < 4.78 is 11.8. The van der Waals surface area contributed by atoms with Gasteiger partial charge in [-0.3, -0.25) is 9.59 Å². The molecule has 1 unspecified atom stereocenters. The van der Waals surface area contributed by atoms with Crippen LogP contribution in [0.1, 0.15) is 26.3 Å². The Morgan fingerprint density at radius 2 is 1.96 bits per heavy atom. The van der Waals surface area contributed by atoms with E-state index < -0.39 is 17.9 Å². The molecule has 0 saturated carbocycles. The van der Waals surface area contributed by atoms with Crippen LogP contribution in [0.25, 0.3) is 6.08 Å². The molecule has 1 aromatic carbocycles. The molecule has 126 valence electrons. The van der Waals surface area contributed by atoms with Gasteiger partial charge in [-0.2, -0.15) is 0 Å². The fraction of sp³-hybridized carbons (Fsp3) is 0.375. The third kappa shape index (κ3) is 5.94. The molecule has 0 aliphatic carbocycles. The number of benzene rings is 1. The van der Waals surface area contributed by atoms with E-state index in [0.29, 0.717) is 29.2 Å². The first kappa shape index (κ1) is 19.0. The Kier molecular flexibility index (Phi) is 7.61. The maximum Gasteiger partial charge on any atom is 0.325 e. The summed E-state index contributed by atoms with van der Waals surface area (Å²) in [5.74, 6) is -0.393. The van der Waals surface area contributed by atoms with Crippen LogP contribution in [-0.2, 0) is 9.59 Å². The first-order chi connectivity index (χ1) is 10.9. The van der Waals surface area contributed by atoms with E-state index >= 15 is 0 Å². The highest BCUT2D eigenvalue weighted by Gasteiger charge is 2.13. The molecule has 1 aromatic rings. The van der Waals surface area contributed by atoms with Crippen molar-refractivity contribution in [1.29, 1.82) is 0 Å². The van der Waals surface area contributed by atoms with E-state index in [1.165, 1.54) is 13.0 Å². The highest BCUT2D eigenvalue weighted by Crippen LogP contribution is 2.37. The van der Waals surface area contributed by atoms with Gasteiger partial charge in [0.1, 0.15) is 6.04 Å². The van der Waals surface area contributed by atoms with Crippen molar-refractivity contribution in [1.82, 2.24) is 5.32 Å².